The summed E-state index contributed by atoms with van der Waals surface area (Å²) in [4.78, 5) is 12.5. The summed E-state index contributed by atoms with van der Waals surface area (Å²) in [6.07, 6.45) is 0. The van der Waals surface area contributed by atoms with Crippen molar-refractivity contribution < 1.29 is 26.4 Å². The molecule has 0 radical (unpaired) electrons. The number of benzene rings is 2. The van der Waals surface area contributed by atoms with Crippen LogP contribution in [0.3, 0.4) is 0 Å². The zero-order chi connectivity index (χ0) is 19.6. The molecule has 0 unspecified atom stereocenters. The van der Waals surface area contributed by atoms with Crippen LogP contribution in [0.4, 0.5) is 0 Å². The van der Waals surface area contributed by atoms with Gasteiger partial charge in [0.25, 0.3) is 0 Å². The molecule has 2 aromatic carbocycles. The molecular weight excluding hydrogens is 376 g/mol. The van der Waals surface area contributed by atoms with Crippen molar-refractivity contribution in [1.29, 1.82) is 0 Å². The number of ketones is 1. The first-order chi connectivity index (χ1) is 12.0. The van der Waals surface area contributed by atoms with Gasteiger partial charge in [0, 0.05) is 5.56 Å². The summed E-state index contributed by atoms with van der Waals surface area (Å²) in [5, 5.41) is -1.15. The van der Waals surface area contributed by atoms with Crippen LogP contribution in [0.5, 0.6) is 5.75 Å². The third-order valence-electron chi connectivity index (χ3n) is 4.09. The number of hydrogen-bond acceptors (Lipinski definition) is 6. The molecule has 0 heterocycles. The molecule has 26 heavy (non-hydrogen) atoms. The Morgan fingerprint density at radius 3 is 1.96 bits per heavy atom. The van der Waals surface area contributed by atoms with Gasteiger partial charge in [-0.15, -0.1) is 0 Å². The highest BCUT2D eigenvalue weighted by Crippen LogP contribution is 2.27. The van der Waals surface area contributed by atoms with E-state index in [9.17, 15) is 21.6 Å². The smallest absolute Gasteiger partial charge is 0.192 e. The van der Waals surface area contributed by atoms with Crippen LogP contribution in [0.25, 0.3) is 0 Å². The van der Waals surface area contributed by atoms with Gasteiger partial charge in [0.05, 0.1) is 12.0 Å². The fraction of sp³-hybridized carbons (Fsp3) is 0.278. The van der Waals surface area contributed by atoms with Gasteiger partial charge in [-0.3, -0.25) is 4.79 Å². The summed E-state index contributed by atoms with van der Waals surface area (Å²) < 4.78 is 53.6. The van der Waals surface area contributed by atoms with Crippen molar-refractivity contribution in [2.45, 2.75) is 23.5 Å². The van der Waals surface area contributed by atoms with E-state index in [1.165, 1.54) is 57.4 Å². The number of rotatable bonds is 7. The van der Waals surface area contributed by atoms with Crippen molar-refractivity contribution in [1.82, 2.24) is 0 Å². The summed E-state index contributed by atoms with van der Waals surface area (Å²) in [6, 6.07) is 13.3. The van der Waals surface area contributed by atoms with Gasteiger partial charge in [-0.05, 0) is 38.1 Å². The van der Waals surface area contributed by atoms with E-state index < -0.39 is 35.3 Å². The number of Topliss-reactive ketones (excluding diaryl/α,β-unsaturated/α-hetero) is 1. The Labute approximate surface area is 153 Å². The summed E-state index contributed by atoms with van der Waals surface area (Å²) >= 11 is 0. The first-order valence-corrected chi connectivity index (χ1v) is 11.0. The molecule has 0 spiro atoms. The maximum absolute atomic E-state index is 12.8. The Morgan fingerprint density at radius 2 is 1.46 bits per heavy atom. The van der Waals surface area contributed by atoms with Crippen LogP contribution >= 0.6 is 0 Å². The van der Waals surface area contributed by atoms with E-state index in [0.717, 1.165) is 0 Å². The number of carbonyl (C=O) groups excluding carboxylic acids is 1. The molecule has 0 aliphatic carbocycles. The minimum absolute atomic E-state index is 0.148. The molecule has 0 bridgehead atoms. The quantitative estimate of drug-likeness (QED) is 0.668. The van der Waals surface area contributed by atoms with Gasteiger partial charge in [0.2, 0.25) is 0 Å². The molecule has 0 fully saturated rings. The maximum Gasteiger partial charge on any atom is 0.192 e. The van der Waals surface area contributed by atoms with Gasteiger partial charge in [-0.2, -0.15) is 0 Å². The number of methoxy groups -OCH3 is 1. The molecule has 0 N–H and O–H groups in total. The van der Waals surface area contributed by atoms with E-state index in [1.54, 1.807) is 18.2 Å². The summed E-state index contributed by atoms with van der Waals surface area (Å²) in [6.45, 7) is 2.45. The average Bonchev–Trinajstić information content (AvgIpc) is 2.60. The molecule has 140 valence electrons. The number of hydrogen-bond donors (Lipinski definition) is 0. The zero-order valence-electron chi connectivity index (χ0n) is 14.7. The first kappa shape index (κ1) is 20.1. The standard InChI is InChI=1S/C18H20O6S2/c1-18(2,17(19)14-7-5-4-6-8-14)26(22,23)13-25(20,21)16-11-9-15(24-3)10-12-16/h4-12H,13H2,1-3H3. The van der Waals surface area contributed by atoms with Crippen LogP contribution in [0.1, 0.15) is 24.2 Å². The maximum atomic E-state index is 12.8. The van der Waals surface area contributed by atoms with E-state index in [1.807, 2.05) is 0 Å². The molecule has 2 rings (SSSR count). The van der Waals surface area contributed by atoms with Gasteiger partial charge < -0.3 is 4.74 Å². The Bertz CT molecular complexity index is 989. The largest absolute Gasteiger partial charge is 0.497 e. The van der Waals surface area contributed by atoms with Crippen molar-refractivity contribution in [2.24, 2.45) is 0 Å². The van der Waals surface area contributed by atoms with Crippen LogP contribution in [0.15, 0.2) is 59.5 Å². The van der Waals surface area contributed by atoms with Crippen LogP contribution < -0.4 is 4.74 Å². The fourth-order valence-corrected chi connectivity index (χ4v) is 6.59. The SMILES string of the molecule is COc1ccc(S(=O)(=O)CS(=O)(=O)C(C)(C)C(=O)c2ccccc2)cc1. The average molecular weight is 396 g/mol. The second-order valence-corrected chi connectivity index (χ2v) is 11.1. The normalized spacial score (nSPS) is 12.6. The summed E-state index contributed by atoms with van der Waals surface area (Å²) in [5.41, 5.74) is 0.211. The first-order valence-electron chi connectivity index (χ1n) is 7.70. The Balaban J connectivity index is 2.35. The lowest BCUT2D eigenvalue weighted by atomic mass is 10.0. The van der Waals surface area contributed by atoms with Crippen molar-refractivity contribution >= 4 is 25.5 Å². The topological polar surface area (TPSA) is 94.6 Å². The van der Waals surface area contributed by atoms with Crippen LogP contribution in [0, 0.1) is 0 Å². The second-order valence-electron chi connectivity index (χ2n) is 6.23. The lowest BCUT2D eigenvalue weighted by molar-refractivity contribution is 0.0954. The molecule has 0 aliphatic heterocycles. The number of ether oxygens (including phenoxy) is 1. The highest BCUT2D eigenvalue weighted by molar-refractivity contribution is 8.09. The van der Waals surface area contributed by atoms with Crippen molar-refractivity contribution in [3.05, 3.63) is 60.2 Å². The van der Waals surface area contributed by atoms with Crippen LogP contribution in [0.2, 0.25) is 0 Å². The number of carbonyl (C=O) groups is 1. The summed E-state index contributed by atoms with van der Waals surface area (Å²) in [7, 11) is -7.00. The Hall–Kier alpha value is -2.19. The Morgan fingerprint density at radius 1 is 0.923 bits per heavy atom. The van der Waals surface area contributed by atoms with Crippen LogP contribution in [-0.2, 0) is 19.7 Å². The lowest BCUT2D eigenvalue weighted by Crippen LogP contribution is -2.43. The molecule has 0 saturated heterocycles. The molecule has 0 saturated carbocycles. The lowest BCUT2D eigenvalue weighted by Gasteiger charge is -2.23. The molecule has 0 amide bonds. The van der Waals surface area contributed by atoms with Crippen LogP contribution in [-0.4, -0.2) is 39.6 Å². The minimum atomic E-state index is -4.30. The second kappa shape index (κ2) is 7.20. The Kier molecular flexibility index (Phi) is 5.58. The molecule has 8 heteroatoms. The molecule has 6 nitrogen and oxygen atoms in total. The number of sulfone groups is 2. The van der Waals surface area contributed by atoms with E-state index in [4.69, 9.17) is 4.74 Å². The van der Waals surface area contributed by atoms with E-state index in [-0.39, 0.29) is 10.5 Å². The van der Waals surface area contributed by atoms with Gasteiger partial charge in [-0.25, -0.2) is 16.8 Å². The molecule has 0 aromatic heterocycles. The fourth-order valence-electron chi connectivity index (χ4n) is 2.28. The predicted octanol–water partition coefficient (Wildman–Crippen LogP) is 2.50. The minimum Gasteiger partial charge on any atom is -0.497 e. The monoisotopic (exact) mass is 396 g/mol. The van der Waals surface area contributed by atoms with Gasteiger partial charge >= 0.3 is 0 Å². The highest BCUT2D eigenvalue weighted by Gasteiger charge is 2.44. The molecule has 2 aromatic rings. The van der Waals surface area contributed by atoms with E-state index in [2.05, 4.69) is 0 Å². The third-order valence-corrected chi connectivity index (χ3v) is 9.30. The van der Waals surface area contributed by atoms with Crippen molar-refractivity contribution in [2.75, 3.05) is 12.2 Å². The van der Waals surface area contributed by atoms with E-state index >= 15 is 0 Å². The predicted molar refractivity (Wildman–Crippen MR) is 98.8 cm³/mol. The van der Waals surface area contributed by atoms with Crippen molar-refractivity contribution in [3.8, 4) is 5.75 Å². The molecular formula is C18H20O6S2. The highest BCUT2D eigenvalue weighted by atomic mass is 32.3. The molecule has 0 atom stereocenters. The molecule has 0 aliphatic rings. The van der Waals surface area contributed by atoms with Gasteiger partial charge in [0.15, 0.2) is 30.5 Å². The van der Waals surface area contributed by atoms with Gasteiger partial charge in [0.1, 0.15) is 10.5 Å². The zero-order valence-corrected chi connectivity index (χ0v) is 16.3. The van der Waals surface area contributed by atoms with Crippen molar-refractivity contribution in [3.63, 3.8) is 0 Å². The van der Waals surface area contributed by atoms with E-state index in [0.29, 0.717) is 5.75 Å². The van der Waals surface area contributed by atoms with Gasteiger partial charge in [-0.1, -0.05) is 30.3 Å². The third kappa shape index (κ3) is 3.96. The summed E-state index contributed by atoms with van der Waals surface area (Å²) in [5.74, 6) is -0.200.